The van der Waals surface area contributed by atoms with Gasteiger partial charge in [-0.15, -0.1) is 20.4 Å². The Kier molecular flexibility index (Phi) is 8.12. The van der Waals surface area contributed by atoms with Gasteiger partial charge in [-0.1, -0.05) is 12.1 Å². The number of ether oxygens (including phenoxy) is 2. The van der Waals surface area contributed by atoms with E-state index in [0.717, 1.165) is 18.1 Å². The van der Waals surface area contributed by atoms with Crippen molar-refractivity contribution in [2.45, 2.75) is 38.4 Å². The van der Waals surface area contributed by atoms with E-state index in [4.69, 9.17) is 19.7 Å². The highest BCUT2D eigenvalue weighted by atomic mass is 19.4. The summed E-state index contributed by atoms with van der Waals surface area (Å²) in [5.41, 5.74) is 1.67. The minimum Gasteiger partial charge on any atom is -0.473 e. The van der Waals surface area contributed by atoms with Gasteiger partial charge in [0.1, 0.15) is 35.3 Å². The third-order valence-corrected chi connectivity index (χ3v) is 8.08. The summed E-state index contributed by atoms with van der Waals surface area (Å²) in [5.74, 6) is -0.0261. The lowest BCUT2D eigenvalue weighted by Gasteiger charge is -2.35. The molecule has 6 heterocycles. The van der Waals surface area contributed by atoms with Crippen LogP contribution in [0.15, 0.2) is 42.5 Å². The van der Waals surface area contributed by atoms with Crippen LogP contribution < -0.4 is 9.64 Å². The Labute approximate surface area is 264 Å². The van der Waals surface area contributed by atoms with E-state index in [1.165, 1.54) is 12.1 Å². The highest BCUT2D eigenvalue weighted by Gasteiger charge is 2.36. The van der Waals surface area contributed by atoms with Crippen molar-refractivity contribution in [3.8, 4) is 23.5 Å². The average Bonchev–Trinajstić information content (AvgIpc) is 3.68. The summed E-state index contributed by atoms with van der Waals surface area (Å²) in [5, 5.41) is 24.1. The Morgan fingerprint density at radius 2 is 1.85 bits per heavy atom. The standard InChI is InChI=1S/C30H27F4N11O2/c31-21-12-18(14-35)4-5-19(21)17-47-26-3-1-2-24(37-26)44-9-7-43(8-10-44)16-25-36-23-13-22(27-38-29(42-40-27)30(32,33)34)39-41-28(23)45(25)15-20-6-11-46-20/h1-5,12-13,20H,6-11,15-17H2,(H,38,40,42)/t20-/m0/s1. The normalized spacial score (nSPS) is 17.1. The first-order valence-electron chi connectivity index (χ1n) is 14.8. The predicted octanol–water partition coefficient (Wildman–Crippen LogP) is 3.73. The minimum absolute atomic E-state index is 0.0158. The summed E-state index contributed by atoms with van der Waals surface area (Å²) in [4.78, 5) is 16.0. The van der Waals surface area contributed by atoms with Crippen molar-refractivity contribution in [3.05, 3.63) is 71.1 Å². The van der Waals surface area contributed by atoms with Crippen LogP contribution in [0, 0.1) is 17.1 Å². The van der Waals surface area contributed by atoms with E-state index in [9.17, 15) is 17.6 Å². The van der Waals surface area contributed by atoms with Crippen LogP contribution in [0.5, 0.6) is 5.88 Å². The maximum Gasteiger partial charge on any atom is 0.451 e. The number of hydrogen-bond donors (Lipinski definition) is 1. The number of H-pyrrole nitrogens is 1. The molecule has 13 nitrogen and oxygen atoms in total. The number of nitrogens with one attached hydrogen (secondary N) is 1. The van der Waals surface area contributed by atoms with E-state index >= 15 is 0 Å². The number of alkyl halides is 3. The molecular weight excluding hydrogens is 622 g/mol. The van der Waals surface area contributed by atoms with Crippen LogP contribution in [0.2, 0.25) is 0 Å². The molecule has 0 amide bonds. The summed E-state index contributed by atoms with van der Waals surface area (Å²) >= 11 is 0. The second-order valence-electron chi connectivity index (χ2n) is 11.2. The summed E-state index contributed by atoms with van der Waals surface area (Å²) in [6, 6.07) is 13.2. The number of benzene rings is 1. The van der Waals surface area contributed by atoms with Crippen molar-refractivity contribution < 1.29 is 27.0 Å². The smallest absolute Gasteiger partial charge is 0.451 e. The van der Waals surface area contributed by atoms with E-state index in [1.807, 2.05) is 22.8 Å². The summed E-state index contributed by atoms with van der Waals surface area (Å²) in [6.45, 7) is 4.50. The molecule has 2 saturated heterocycles. The lowest BCUT2D eigenvalue weighted by atomic mass is 10.1. The van der Waals surface area contributed by atoms with Gasteiger partial charge in [-0.05, 0) is 30.7 Å². The van der Waals surface area contributed by atoms with Crippen molar-refractivity contribution >= 4 is 17.0 Å². The van der Waals surface area contributed by atoms with Gasteiger partial charge < -0.3 is 23.9 Å². The maximum atomic E-state index is 14.3. The summed E-state index contributed by atoms with van der Waals surface area (Å²) < 4.78 is 66.8. The number of rotatable bonds is 9. The fraction of sp³-hybridized carbons (Fsp3) is 0.367. The van der Waals surface area contributed by atoms with Gasteiger partial charge in [0.15, 0.2) is 11.5 Å². The molecule has 17 heteroatoms. The third kappa shape index (κ3) is 6.55. The molecule has 0 radical (unpaired) electrons. The number of pyridine rings is 1. The lowest BCUT2D eigenvalue weighted by molar-refractivity contribution is -0.144. The van der Waals surface area contributed by atoms with E-state index < -0.39 is 17.8 Å². The molecule has 2 aliphatic heterocycles. The highest BCUT2D eigenvalue weighted by Crippen LogP contribution is 2.28. The van der Waals surface area contributed by atoms with Gasteiger partial charge in [-0.3, -0.25) is 4.90 Å². The molecule has 242 valence electrons. The Morgan fingerprint density at radius 1 is 1.02 bits per heavy atom. The first kappa shape index (κ1) is 30.4. The molecule has 2 fully saturated rings. The van der Waals surface area contributed by atoms with Gasteiger partial charge in [0, 0.05) is 44.4 Å². The molecule has 0 bridgehead atoms. The molecule has 4 aromatic heterocycles. The minimum atomic E-state index is -4.66. The zero-order valence-corrected chi connectivity index (χ0v) is 24.8. The summed E-state index contributed by atoms with van der Waals surface area (Å²) in [7, 11) is 0. The van der Waals surface area contributed by atoms with Gasteiger partial charge in [0.25, 0.3) is 0 Å². The zero-order chi connectivity index (χ0) is 32.5. The second kappa shape index (κ2) is 12.5. The largest absolute Gasteiger partial charge is 0.473 e. The molecule has 0 spiro atoms. The predicted molar refractivity (Wildman–Crippen MR) is 157 cm³/mol. The van der Waals surface area contributed by atoms with Crippen molar-refractivity contribution in [2.75, 3.05) is 37.7 Å². The van der Waals surface area contributed by atoms with Crippen molar-refractivity contribution in [1.82, 2.24) is 44.8 Å². The van der Waals surface area contributed by atoms with Gasteiger partial charge in [-0.25, -0.2) is 9.37 Å². The molecule has 5 aromatic rings. The molecule has 0 unspecified atom stereocenters. The Hall–Kier alpha value is -5.21. The van der Waals surface area contributed by atoms with Gasteiger partial charge in [0.05, 0.1) is 30.8 Å². The first-order valence-corrected chi connectivity index (χ1v) is 14.8. The number of imidazole rings is 1. The maximum absolute atomic E-state index is 14.3. The van der Waals surface area contributed by atoms with Crippen LogP contribution in [0.1, 0.15) is 29.2 Å². The molecule has 0 aliphatic carbocycles. The van der Waals surface area contributed by atoms with Gasteiger partial charge in [0.2, 0.25) is 11.7 Å². The second-order valence-corrected chi connectivity index (χ2v) is 11.2. The van der Waals surface area contributed by atoms with Crippen molar-refractivity contribution in [1.29, 1.82) is 5.26 Å². The number of hydrogen-bond acceptors (Lipinski definition) is 11. The number of nitriles is 1. The Morgan fingerprint density at radius 3 is 2.55 bits per heavy atom. The molecule has 0 saturated carbocycles. The first-order chi connectivity index (χ1) is 22.7. The summed E-state index contributed by atoms with van der Waals surface area (Å²) in [6.07, 6.45) is -3.74. The van der Waals surface area contributed by atoms with Crippen LogP contribution in [0.3, 0.4) is 0 Å². The Bertz CT molecular complexity index is 1940. The van der Waals surface area contributed by atoms with Crippen LogP contribution >= 0.6 is 0 Å². The number of fused-ring (bicyclic) bond motifs is 1. The number of aromatic nitrogens is 8. The van der Waals surface area contributed by atoms with E-state index in [2.05, 4.69) is 40.2 Å². The highest BCUT2D eigenvalue weighted by molar-refractivity contribution is 5.75. The molecule has 1 atom stereocenters. The van der Waals surface area contributed by atoms with E-state index in [-0.39, 0.29) is 29.8 Å². The average molecular weight is 650 g/mol. The number of piperazine rings is 1. The quantitative estimate of drug-likeness (QED) is 0.233. The fourth-order valence-corrected chi connectivity index (χ4v) is 5.42. The monoisotopic (exact) mass is 649 g/mol. The molecule has 7 rings (SSSR count). The van der Waals surface area contributed by atoms with Crippen LogP contribution in [0.25, 0.3) is 22.7 Å². The molecule has 1 N–H and O–H groups in total. The van der Waals surface area contributed by atoms with Crippen molar-refractivity contribution in [3.63, 3.8) is 0 Å². The molecule has 47 heavy (non-hydrogen) atoms. The van der Waals surface area contributed by atoms with Crippen LogP contribution in [-0.2, 0) is 30.6 Å². The lowest BCUT2D eigenvalue weighted by Crippen LogP contribution is -2.46. The fourth-order valence-electron chi connectivity index (χ4n) is 5.42. The van der Waals surface area contributed by atoms with Gasteiger partial charge >= 0.3 is 6.18 Å². The molecular formula is C30H27F4N11O2. The van der Waals surface area contributed by atoms with E-state index in [1.54, 1.807) is 18.2 Å². The Balaban J connectivity index is 1.02. The zero-order valence-electron chi connectivity index (χ0n) is 24.8. The SMILES string of the molecule is N#Cc1ccc(COc2cccc(N3CCN(Cc4nc5cc(-c6nnc(C(F)(F)F)[nH]6)nnc5n4C[C@@H]4CCO4)CC3)n2)c(F)c1. The van der Waals surface area contributed by atoms with Gasteiger partial charge in [-0.2, -0.15) is 23.4 Å². The number of halogens is 4. The van der Waals surface area contributed by atoms with Crippen LogP contribution in [0.4, 0.5) is 23.4 Å². The molecule has 2 aliphatic rings. The molecule has 1 aromatic carbocycles. The van der Waals surface area contributed by atoms with Crippen LogP contribution in [-0.4, -0.2) is 83.7 Å². The topological polar surface area (TPSA) is 147 Å². The third-order valence-electron chi connectivity index (χ3n) is 8.08. The number of nitrogens with zero attached hydrogens (tertiary/aromatic N) is 10. The number of aromatic amines is 1. The number of anilines is 1. The van der Waals surface area contributed by atoms with E-state index in [0.29, 0.717) is 68.5 Å². The van der Waals surface area contributed by atoms with Crippen molar-refractivity contribution in [2.24, 2.45) is 0 Å².